The van der Waals surface area contributed by atoms with Crippen molar-refractivity contribution in [1.29, 1.82) is 0 Å². The van der Waals surface area contributed by atoms with Gasteiger partial charge in [-0.1, -0.05) is 16.8 Å². The summed E-state index contributed by atoms with van der Waals surface area (Å²) in [6.45, 7) is 0. The monoisotopic (exact) mass is 225 g/mol. The van der Waals surface area contributed by atoms with Gasteiger partial charge in [0, 0.05) is 0 Å². The van der Waals surface area contributed by atoms with Gasteiger partial charge < -0.3 is 0 Å². The van der Waals surface area contributed by atoms with Gasteiger partial charge in [-0.25, -0.2) is 9.07 Å². The molecule has 2 rings (SSSR count). The minimum atomic E-state index is -0.750. The van der Waals surface area contributed by atoms with Crippen molar-refractivity contribution in [2.75, 3.05) is 0 Å². The quantitative estimate of drug-likeness (QED) is 0.733. The number of nitrogens with zero attached hydrogens (tertiary/aromatic N) is 3. The van der Waals surface area contributed by atoms with Gasteiger partial charge in [0.15, 0.2) is 12.1 Å². The molecule has 0 saturated carbocycles. The van der Waals surface area contributed by atoms with E-state index in [0.717, 1.165) is 0 Å². The molecule has 6 heteroatoms. The van der Waals surface area contributed by atoms with E-state index in [0.29, 0.717) is 12.0 Å². The Kier molecular flexibility index (Phi) is 2.47. The molecule has 0 saturated heterocycles. The third-order valence-corrected chi connectivity index (χ3v) is 2.19. The van der Waals surface area contributed by atoms with Gasteiger partial charge in [-0.3, -0.25) is 4.79 Å². The van der Waals surface area contributed by atoms with Crippen LogP contribution in [0, 0.1) is 5.82 Å². The van der Waals surface area contributed by atoms with Crippen LogP contribution in [0.3, 0.4) is 0 Å². The lowest BCUT2D eigenvalue weighted by Crippen LogP contribution is -2.02. The van der Waals surface area contributed by atoms with Crippen LogP contribution >= 0.6 is 11.6 Å². The maximum absolute atomic E-state index is 13.4. The van der Waals surface area contributed by atoms with Gasteiger partial charge in [-0.05, 0) is 12.1 Å². The fourth-order valence-corrected chi connectivity index (χ4v) is 1.37. The molecule has 1 heterocycles. The first-order chi connectivity index (χ1) is 7.24. The van der Waals surface area contributed by atoms with Gasteiger partial charge in [0.2, 0.25) is 0 Å². The van der Waals surface area contributed by atoms with E-state index in [1.54, 1.807) is 0 Å². The molecule has 2 aromatic rings. The number of rotatable bonds is 2. The number of hydrogen-bond donors (Lipinski definition) is 0. The van der Waals surface area contributed by atoms with Crippen LogP contribution in [-0.4, -0.2) is 21.3 Å². The van der Waals surface area contributed by atoms with Crippen molar-refractivity contribution in [2.45, 2.75) is 0 Å². The predicted octanol–water partition coefficient (Wildman–Crippen LogP) is 1.87. The Bertz CT molecular complexity index is 498. The topological polar surface area (TPSA) is 47.8 Å². The predicted molar refractivity (Wildman–Crippen MR) is 51.7 cm³/mol. The third-order valence-electron chi connectivity index (χ3n) is 1.90. The molecule has 1 aromatic carbocycles. The maximum Gasteiger partial charge on any atom is 0.155 e. The third kappa shape index (κ3) is 1.61. The molecular weight excluding hydrogens is 221 g/mol. The molecule has 0 aliphatic rings. The normalized spacial score (nSPS) is 10.3. The number of carbonyl (C=O) groups is 1. The molecule has 0 spiro atoms. The molecule has 0 unspecified atom stereocenters. The number of halogens is 2. The van der Waals surface area contributed by atoms with Crippen molar-refractivity contribution in [2.24, 2.45) is 0 Å². The SMILES string of the molecule is O=Cc1c(-n2ccnn2)ccc(Cl)c1F. The van der Waals surface area contributed by atoms with Crippen molar-refractivity contribution in [3.8, 4) is 5.69 Å². The van der Waals surface area contributed by atoms with Crippen LogP contribution in [0.15, 0.2) is 24.5 Å². The minimum Gasteiger partial charge on any atom is -0.298 e. The summed E-state index contributed by atoms with van der Waals surface area (Å²) >= 11 is 5.55. The van der Waals surface area contributed by atoms with E-state index in [4.69, 9.17) is 11.6 Å². The number of benzene rings is 1. The first-order valence-electron chi connectivity index (χ1n) is 4.04. The zero-order valence-corrected chi connectivity index (χ0v) is 8.15. The van der Waals surface area contributed by atoms with Gasteiger partial charge in [0.25, 0.3) is 0 Å². The average Bonchev–Trinajstić information content (AvgIpc) is 2.75. The van der Waals surface area contributed by atoms with E-state index in [2.05, 4.69) is 10.3 Å². The Morgan fingerprint density at radius 3 is 2.87 bits per heavy atom. The Morgan fingerprint density at radius 1 is 1.47 bits per heavy atom. The zero-order valence-electron chi connectivity index (χ0n) is 7.39. The molecule has 1 aromatic heterocycles. The molecule has 76 valence electrons. The second-order valence-corrected chi connectivity index (χ2v) is 3.17. The highest BCUT2D eigenvalue weighted by molar-refractivity contribution is 6.31. The molecule has 15 heavy (non-hydrogen) atoms. The van der Waals surface area contributed by atoms with Crippen molar-refractivity contribution < 1.29 is 9.18 Å². The molecule has 0 fully saturated rings. The average molecular weight is 226 g/mol. The van der Waals surface area contributed by atoms with Gasteiger partial charge in [-0.15, -0.1) is 5.10 Å². The fourth-order valence-electron chi connectivity index (χ4n) is 1.20. The second-order valence-electron chi connectivity index (χ2n) is 2.76. The summed E-state index contributed by atoms with van der Waals surface area (Å²) in [5.74, 6) is -0.750. The van der Waals surface area contributed by atoms with Crippen molar-refractivity contribution >= 4 is 17.9 Å². The van der Waals surface area contributed by atoms with Crippen LogP contribution in [0.25, 0.3) is 5.69 Å². The smallest absolute Gasteiger partial charge is 0.155 e. The van der Waals surface area contributed by atoms with Crippen molar-refractivity contribution in [1.82, 2.24) is 15.0 Å². The van der Waals surface area contributed by atoms with Gasteiger partial charge in [-0.2, -0.15) is 0 Å². The summed E-state index contributed by atoms with van der Waals surface area (Å²) in [5.41, 5.74) is 0.178. The van der Waals surface area contributed by atoms with Crippen molar-refractivity contribution in [3.05, 3.63) is 40.9 Å². The number of hydrogen-bond acceptors (Lipinski definition) is 3. The number of aldehydes is 1. The highest BCUT2D eigenvalue weighted by Crippen LogP contribution is 2.22. The van der Waals surface area contributed by atoms with E-state index in [1.807, 2.05) is 0 Å². The lowest BCUT2D eigenvalue weighted by molar-refractivity contribution is 0.111. The molecule has 0 amide bonds. The first kappa shape index (κ1) is 9.79. The Morgan fingerprint density at radius 2 is 2.27 bits per heavy atom. The minimum absolute atomic E-state index is 0.0963. The fraction of sp³-hybridized carbons (Fsp3) is 0. The van der Waals surface area contributed by atoms with Crippen LogP contribution in [0.2, 0.25) is 5.02 Å². The summed E-state index contributed by atoms with van der Waals surface area (Å²) in [6.07, 6.45) is 3.34. The molecule has 4 nitrogen and oxygen atoms in total. The van der Waals surface area contributed by atoms with Gasteiger partial charge >= 0.3 is 0 Å². The summed E-state index contributed by atoms with van der Waals surface area (Å²) in [6, 6.07) is 2.87. The van der Waals surface area contributed by atoms with Gasteiger partial charge in [0.1, 0.15) is 0 Å². The van der Waals surface area contributed by atoms with Crippen molar-refractivity contribution in [3.63, 3.8) is 0 Å². The van der Waals surface area contributed by atoms with Crippen LogP contribution in [-0.2, 0) is 0 Å². The first-order valence-corrected chi connectivity index (χ1v) is 4.41. The van der Waals surface area contributed by atoms with E-state index in [9.17, 15) is 9.18 Å². The molecule has 0 aliphatic carbocycles. The van der Waals surface area contributed by atoms with E-state index in [-0.39, 0.29) is 10.6 Å². The Labute approximate surface area is 89.3 Å². The van der Waals surface area contributed by atoms with E-state index < -0.39 is 5.82 Å². The standard InChI is InChI=1S/C9H5ClFN3O/c10-7-1-2-8(6(5-15)9(7)11)14-4-3-12-13-14/h1-5H. The van der Waals surface area contributed by atoms with E-state index >= 15 is 0 Å². The highest BCUT2D eigenvalue weighted by Gasteiger charge is 2.13. The molecule has 0 atom stereocenters. The molecule has 0 radical (unpaired) electrons. The van der Waals surface area contributed by atoms with Crippen LogP contribution in [0.4, 0.5) is 4.39 Å². The summed E-state index contributed by atoms with van der Waals surface area (Å²) in [7, 11) is 0. The van der Waals surface area contributed by atoms with Crippen LogP contribution in [0.5, 0.6) is 0 Å². The Balaban J connectivity index is 2.68. The largest absolute Gasteiger partial charge is 0.298 e. The number of carbonyl (C=O) groups excluding carboxylic acids is 1. The zero-order chi connectivity index (χ0) is 10.8. The summed E-state index contributed by atoms with van der Waals surface area (Å²) in [5, 5.41) is 7.14. The number of aromatic nitrogens is 3. The lowest BCUT2D eigenvalue weighted by atomic mass is 10.2. The van der Waals surface area contributed by atoms with Crippen LogP contribution < -0.4 is 0 Å². The molecule has 0 N–H and O–H groups in total. The lowest BCUT2D eigenvalue weighted by Gasteiger charge is -2.05. The van der Waals surface area contributed by atoms with E-state index in [1.165, 1.54) is 29.2 Å². The summed E-state index contributed by atoms with van der Waals surface area (Å²) < 4.78 is 14.7. The molecule has 0 aliphatic heterocycles. The molecular formula is C9H5ClFN3O. The Hall–Kier alpha value is -1.75. The second kappa shape index (κ2) is 3.78. The maximum atomic E-state index is 13.4. The van der Waals surface area contributed by atoms with Gasteiger partial charge in [0.05, 0.1) is 28.7 Å². The highest BCUT2D eigenvalue weighted by atomic mass is 35.5. The van der Waals surface area contributed by atoms with Crippen LogP contribution in [0.1, 0.15) is 10.4 Å². The summed E-state index contributed by atoms with van der Waals surface area (Å²) in [4.78, 5) is 10.7. The molecule has 0 bridgehead atoms.